The van der Waals surface area contributed by atoms with Crippen LogP contribution in [-0.4, -0.2) is 54.6 Å². The van der Waals surface area contributed by atoms with Gasteiger partial charge in [0.25, 0.3) is 0 Å². The molecule has 7 nitrogen and oxygen atoms in total. The van der Waals surface area contributed by atoms with Crippen molar-refractivity contribution in [3.8, 4) is 0 Å². The second kappa shape index (κ2) is 10.0. The molecule has 21 heavy (non-hydrogen) atoms. The lowest BCUT2D eigenvalue weighted by atomic mass is 9.94. The van der Waals surface area contributed by atoms with E-state index < -0.39 is 5.97 Å². The van der Waals surface area contributed by atoms with Gasteiger partial charge in [-0.25, -0.2) is 4.79 Å². The monoisotopic (exact) mass is 301 g/mol. The highest BCUT2D eigenvalue weighted by atomic mass is 16.4. The number of likely N-dealkylation sites (N-methyl/N-ethyl adjacent to an activating group) is 2. The second-order valence-corrected chi connectivity index (χ2v) is 5.47. The van der Waals surface area contributed by atoms with Crippen LogP contribution in [0.25, 0.3) is 0 Å². The van der Waals surface area contributed by atoms with Crippen LogP contribution in [0.15, 0.2) is 0 Å². The maximum atomic E-state index is 12.0. The first-order chi connectivity index (χ1) is 9.79. The van der Waals surface area contributed by atoms with Gasteiger partial charge in [-0.05, 0) is 25.2 Å². The SMILES string of the molecule is CCN(CC(=O)NC)C(=O)NC[C@H](CC(=O)O)CC(C)C. The summed E-state index contributed by atoms with van der Waals surface area (Å²) in [5.41, 5.74) is 0. The van der Waals surface area contributed by atoms with Gasteiger partial charge >= 0.3 is 12.0 Å². The molecule has 122 valence electrons. The van der Waals surface area contributed by atoms with Crippen LogP contribution in [0, 0.1) is 11.8 Å². The molecule has 0 radical (unpaired) electrons. The predicted octanol–water partition coefficient (Wildman–Crippen LogP) is 0.901. The largest absolute Gasteiger partial charge is 0.481 e. The zero-order chi connectivity index (χ0) is 16.4. The van der Waals surface area contributed by atoms with E-state index in [1.54, 1.807) is 6.92 Å². The van der Waals surface area contributed by atoms with E-state index in [2.05, 4.69) is 10.6 Å². The summed E-state index contributed by atoms with van der Waals surface area (Å²) in [7, 11) is 1.51. The fourth-order valence-corrected chi connectivity index (χ4v) is 2.08. The highest BCUT2D eigenvalue weighted by molar-refractivity contribution is 5.83. The number of nitrogens with zero attached hydrogens (tertiary/aromatic N) is 1. The van der Waals surface area contributed by atoms with E-state index in [4.69, 9.17) is 5.11 Å². The molecule has 0 aromatic carbocycles. The average Bonchev–Trinajstić information content (AvgIpc) is 2.40. The molecule has 0 heterocycles. The number of carbonyl (C=O) groups is 3. The Balaban J connectivity index is 4.43. The summed E-state index contributed by atoms with van der Waals surface area (Å²) in [6.07, 6.45) is 0.758. The van der Waals surface area contributed by atoms with Crippen molar-refractivity contribution >= 4 is 17.9 Å². The van der Waals surface area contributed by atoms with E-state index in [1.165, 1.54) is 11.9 Å². The van der Waals surface area contributed by atoms with Gasteiger partial charge in [-0.2, -0.15) is 0 Å². The standard InChI is InChI=1S/C14H27N3O4/c1-5-17(9-12(18)15-4)14(21)16-8-11(6-10(2)3)7-13(19)20/h10-11H,5-9H2,1-4H3,(H,15,18)(H,16,21)(H,19,20)/t11-/m0/s1. The van der Waals surface area contributed by atoms with Crippen molar-refractivity contribution in [2.75, 3.05) is 26.7 Å². The van der Waals surface area contributed by atoms with Crippen molar-refractivity contribution in [2.24, 2.45) is 11.8 Å². The number of nitrogens with one attached hydrogen (secondary N) is 2. The van der Waals surface area contributed by atoms with E-state index in [0.717, 1.165) is 6.42 Å². The van der Waals surface area contributed by atoms with Gasteiger partial charge in [-0.3, -0.25) is 9.59 Å². The van der Waals surface area contributed by atoms with Crippen LogP contribution >= 0.6 is 0 Å². The van der Waals surface area contributed by atoms with Gasteiger partial charge in [0.05, 0.1) is 0 Å². The van der Waals surface area contributed by atoms with Gasteiger partial charge in [-0.1, -0.05) is 13.8 Å². The first-order valence-corrected chi connectivity index (χ1v) is 7.25. The van der Waals surface area contributed by atoms with Crippen LogP contribution in [0.5, 0.6) is 0 Å². The number of carbonyl (C=O) groups excluding carboxylic acids is 2. The van der Waals surface area contributed by atoms with Crippen LogP contribution in [-0.2, 0) is 9.59 Å². The smallest absolute Gasteiger partial charge is 0.317 e. The zero-order valence-electron chi connectivity index (χ0n) is 13.3. The molecule has 3 amide bonds. The molecule has 0 unspecified atom stereocenters. The number of urea groups is 1. The molecule has 0 spiro atoms. The zero-order valence-corrected chi connectivity index (χ0v) is 13.3. The molecular formula is C14H27N3O4. The Morgan fingerprint density at radius 2 is 1.86 bits per heavy atom. The molecule has 1 atom stereocenters. The summed E-state index contributed by atoms with van der Waals surface area (Å²) < 4.78 is 0. The van der Waals surface area contributed by atoms with Gasteiger partial charge in [0.15, 0.2) is 0 Å². The molecule has 7 heteroatoms. The molecule has 0 aromatic rings. The minimum atomic E-state index is -0.868. The molecule has 0 rings (SSSR count). The van der Waals surface area contributed by atoms with Gasteiger partial charge in [0.1, 0.15) is 6.54 Å². The summed E-state index contributed by atoms with van der Waals surface area (Å²) in [4.78, 5) is 35.5. The minimum absolute atomic E-state index is 0.00733. The van der Waals surface area contributed by atoms with E-state index in [9.17, 15) is 14.4 Å². The summed E-state index contributed by atoms with van der Waals surface area (Å²) in [5.74, 6) is -0.853. The Labute approximate surface area is 126 Å². The van der Waals surface area contributed by atoms with Crippen molar-refractivity contribution < 1.29 is 19.5 Å². The Morgan fingerprint density at radius 3 is 2.29 bits per heavy atom. The number of carboxylic acids is 1. The van der Waals surface area contributed by atoms with Crippen molar-refractivity contribution in [1.82, 2.24) is 15.5 Å². The molecule has 0 fully saturated rings. The molecule has 0 aliphatic carbocycles. The number of rotatable bonds is 9. The lowest BCUT2D eigenvalue weighted by Gasteiger charge is -2.23. The van der Waals surface area contributed by atoms with Gasteiger partial charge in [-0.15, -0.1) is 0 Å². The molecular weight excluding hydrogens is 274 g/mol. The number of carboxylic acid groups (broad SMARTS) is 1. The Morgan fingerprint density at radius 1 is 1.24 bits per heavy atom. The second-order valence-electron chi connectivity index (χ2n) is 5.47. The summed E-state index contributed by atoms with van der Waals surface area (Å²) in [6.45, 7) is 6.51. The minimum Gasteiger partial charge on any atom is -0.481 e. The molecule has 0 aliphatic heterocycles. The fraction of sp³-hybridized carbons (Fsp3) is 0.786. The molecule has 0 aliphatic rings. The Hall–Kier alpha value is -1.79. The lowest BCUT2D eigenvalue weighted by molar-refractivity contribution is -0.138. The van der Waals surface area contributed by atoms with Crippen molar-refractivity contribution in [3.63, 3.8) is 0 Å². The number of hydrogen-bond donors (Lipinski definition) is 3. The van der Waals surface area contributed by atoms with Crippen LogP contribution in [0.3, 0.4) is 0 Å². The first-order valence-electron chi connectivity index (χ1n) is 7.25. The van der Waals surface area contributed by atoms with Crippen LogP contribution < -0.4 is 10.6 Å². The fourth-order valence-electron chi connectivity index (χ4n) is 2.08. The van der Waals surface area contributed by atoms with Gasteiger partial charge < -0.3 is 20.6 Å². The summed E-state index contributed by atoms with van der Waals surface area (Å²) >= 11 is 0. The lowest BCUT2D eigenvalue weighted by Crippen LogP contribution is -2.46. The number of amides is 3. The highest BCUT2D eigenvalue weighted by Crippen LogP contribution is 2.14. The average molecular weight is 301 g/mol. The topological polar surface area (TPSA) is 98.7 Å². The van der Waals surface area contributed by atoms with E-state index in [-0.39, 0.29) is 30.8 Å². The predicted molar refractivity (Wildman–Crippen MR) is 79.9 cm³/mol. The van der Waals surface area contributed by atoms with Crippen molar-refractivity contribution in [1.29, 1.82) is 0 Å². The summed E-state index contributed by atoms with van der Waals surface area (Å²) in [6, 6.07) is -0.347. The highest BCUT2D eigenvalue weighted by Gasteiger charge is 2.19. The number of aliphatic carboxylic acids is 1. The Bertz CT molecular complexity index is 358. The number of hydrogen-bond acceptors (Lipinski definition) is 3. The molecule has 0 aromatic heterocycles. The van der Waals surface area contributed by atoms with Gasteiger partial charge in [0, 0.05) is 26.6 Å². The normalized spacial score (nSPS) is 11.9. The van der Waals surface area contributed by atoms with Crippen LogP contribution in [0.1, 0.15) is 33.6 Å². The molecule has 0 bridgehead atoms. The molecule has 0 saturated heterocycles. The maximum Gasteiger partial charge on any atom is 0.317 e. The van der Waals surface area contributed by atoms with Crippen molar-refractivity contribution in [2.45, 2.75) is 33.6 Å². The van der Waals surface area contributed by atoms with Crippen LogP contribution in [0.2, 0.25) is 0 Å². The maximum absolute atomic E-state index is 12.0. The third-order valence-electron chi connectivity index (χ3n) is 3.09. The van der Waals surface area contributed by atoms with Gasteiger partial charge in [0.2, 0.25) is 5.91 Å². The molecule has 0 saturated carbocycles. The third-order valence-corrected chi connectivity index (χ3v) is 3.09. The van der Waals surface area contributed by atoms with E-state index in [0.29, 0.717) is 19.0 Å². The van der Waals surface area contributed by atoms with E-state index >= 15 is 0 Å². The van der Waals surface area contributed by atoms with E-state index in [1.807, 2.05) is 13.8 Å². The van der Waals surface area contributed by atoms with Crippen LogP contribution in [0.4, 0.5) is 4.79 Å². The first kappa shape index (κ1) is 19.2. The Kier molecular flexibility index (Phi) is 9.16. The quantitative estimate of drug-likeness (QED) is 0.589. The van der Waals surface area contributed by atoms with Crippen molar-refractivity contribution in [3.05, 3.63) is 0 Å². The third kappa shape index (κ3) is 8.88. The molecule has 3 N–H and O–H groups in total. The summed E-state index contributed by atoms with van der Waals surface area (Å²) in [5, 5.41) is 14.1.